The van der Waals surface area contributed by atoms with Crippen LogP contribution >= 0.6 is 11.8 Å². The summed E-state index contributed by atoms with van der Waals surface area (Å²) in [4.78, 5) is 0. The summed E-state index contributed by atoms with van der Waals surface area (Å²) in [6, 6.07) is 11.3. The zero-order valence-corrected chi connectivity index (χ0v) is 10.5. The van der Waals surface area contributed by atoms with Gasteiger partial charge in [-0.15, -0.1) is 0 Å². The molecule has 0 bridgehead atoms. The van der Waals surface area contributed by atoms with E-state index in [1.54, 1.807) is 0 Å². The van der Waals surface area contributed by atoms with Crippen LogP contribution in [0.15, 0.2) is 30.3 Å². The maximum atomic E-state index is 3.55. The van der Waals surface area contributed by atoms with E-state index < -0.39 is 0 Å². The number of hydrogen-bond acceptors (Lipinski definition) is 2. The van der Waals surface area contributed by atoms with Gasteiger partial charge >= 0.3 is 0 Å². The van der Waals surface area contributed by atoms with Crippen molar-refractivity contribution in [2.24, 2.45) is 0 Å². The van der Waals surface area contributed by atoms with Gasteiger partial charge in [-0.3, -0.25) is 0 Å². The quantitative estimate of drug-likeness (QED) is 0.763. The highest BCUT2D eigenvalue weighted by Gasteiger charge is 2.07. The number of rotatable bonds is 7. The molecule has 0 fully saturated rings. The van der Waals surface area contributed by atoms with Crippen LogP contribution in [0.2, 0.25) is 0 Å². The molecule has 0 aliphatic rings. The first-order chi connectivity index (χ1) is 7.36. The first-order valence-electron chi connectivity index (χ1n) is 5.71. The minimum atomic E-state index is 0.613. The third-order valence-corrected chi connectivity index (χ3v) is 3.39. The Morgan fingerprint density at radius 3 is 2.53 bits per heavy atom. The lowest BCUT2D eigenvalue weighted by Gasteiger charge is -2.17. The van der Waals surface area contributed by atoms with E-state index in [1.807, 2.05) is 11.8 Å². The molecule has 1 aromatic rings. The molecule has 0 aromatic heterocycles. The molecule has 0 radical (unpaired) electrons. The van der Waals surface area contributed by atoms with Gasteiger partial charge in [-0.05, 0) is 24.3 Å². The first kappa shape index (κ1) is 12.6. The smallest absolute Gasteiger partial charge is 0.0198 e. The monoisotopic (exact) mass is 223 g/mol. The van der Waals surface area contributed by atoms with Crippen LogP contribution in [-0.4, -0.2) is 24.1 Å². The Morgan fingerprint density at radius 1 is 1.20 bits per heavy atom. The van der Waals surface area contributed by atoms with Gasteiger partial charge in [-0.25, -0.2) is 0 Å². The topological polar surface area (TPSA) is 12.0 Å². The van der Waals surface area contributed by atoms with E-state index in [9.17, 15) is 0 Å². The molecule has 0 aliphatic heterocycles. The molecule has 15 heavy (non-hydrogen) atoms. The number of nitrogens with one attached hydrogen (secondary N) is 1. The van der Waals surface area contributed by atoms with E-state index in [0.29, 0.717) is 6.04 Å². The normalized spacial score (nSPS) is 12.7. The molecule has 1 unspecified atom stereocenters. The van der Waals surface area contributed by atoms with Crippen LogP contribution < -0.4 is 5.32 Å². The third kappa shape index (κ3) is 5.24. The highest BCUT2D eigenvalue weighted by atomic mass is 32.2. The van der Waals surface area contributed by atoms with Crippen molar-refractivity contribution in [1.29, 1.82) is 0 Å². The molecular formula is C13H21NS. The van der Waals surface area contributed by atoms with Crippen LogP contribution in [0.25, 0.3) is 0 Å². The number of hydrogen-bond donors (Lipinski definition) is 1. The van der Waals surface area contributed by atoms with Crippen molar-refractivity contribution >= 4 is 11.8 Å². The molecule has 0 heterocycles. The van der Waals surface area contributed by atoms with Crippen LogP contribution in [0.4, 0.5) is 0 Å². The average Bonchev–Trinajstić information content (AvgIpc) is 2.28. The van der Waals surface area contributed by atoms with E-state index in [2.05, 4.69) is 49.5 Å². The number of likely N-dealkylation sites (N-methyl/N-ethyl adjacent to an activating group) is 1. The summed E-state index contributed by atoms with van der Waals surface area (Å²) in [7, 11) is 0. The Bertz CT molecular complexity index is 248. The summed E-state index contributed by atoms with van der Waals surface area (Å²) in [6.45, 7) is 5.45. The number of thioether (sulfide) groups is 1. The predicted octanol–water partition coefficient (Wildman–Crippen LogP) is 2.96. The fourth-order valence-electron chi connectivity index (χ4n) is 1.64. The molecule has 0 spiro atoms. The zero-order valence-electron chi connectivity index (χ0n) is 9.70. The SMILES string of the molecule is CCNC(CSCC)Cc1ccccc1. The van der Waals surface area contributed by atoms with Crippen molar-refractivity contribution < 1.29 is 0 Å². The third-order valence-electron chi connectivity index (χ3n) is 2.34. The van der Waals surface area contributed by atoms with E-state index >= 15 is 0 Å². The molecule has 1 rings (SSSR count). The van der Waals surface area contributed by atoms with Crippen molar-refractivity contribution in [2.75, 3.05) is 18.1 Å². The predicted molar refractivity (Wildman–Crippen MR) is 70.6 cm³/mol. The Hall–Kier alpha value is -0.470. The number of benzene rings is 1. The van der Waals surface area contributed by atoms with E-state index in [4.69, 9.17) is 0 Å². The zero-order chi connectivity index (χ0) is 10.9. The van der Waals surface area contributed by atoms with E-state index in [-0.39, 0.29) is 0 Å². The Balaban J connectivity index is 2.43. The maximum absolute atomic E-state index is 3.55. The summed E-state index contributed by atoms with van der Waals surface area (Å²) >= 11 is 2.01. The molecular weight excluding hydrogens is 202 g/mol. The molecule has 1 atom stereocenters. The first-order valence-corrected chi connectivity index (χ1v) is 6.87. The highest BCUT2D eigenvalue weighted by molar-refractivity contribution is 7.99. The summed E-state index contributed by atoms with van der Waals surface area (Å²) < 4.78 is 0. The minimum Gasteiger partial charge on any atom is -0.313 e. The van der Waals surface area contributed by atoms with Gasteiger partial charge in [0.1, 0.15) is 0 Å². The summed E-state index contributed by atoms with van der Waals surface area (Å²) in [5.41, 5.74) is 1.43. The van der Waals surface area contributed by atoms with Crippen LogP contribution in [0.1, 0.15) is 19.4 Å². The van der Waals surface area contributed by atoms with Crippen molar-refractivity contribution in [3.8, 4) is 0 Å². The lowest BCUT2D eigenvalue weighted by atomic mass is 10.1. The molecule has 84 valence electrons. The molecule has 0 saturated heterocycles. The van der Waals surface area contributed by atoms with Gasteiger partial charge in [0, 0.05) is 11.8 Å². The van der Waals surface area contributed by atoms with Crippen molar-refractivity contribution in [3.63, 3.8) is 0 Å². The van der Waals surface area contributed by atoms with Crippen LogP contribution in [0, 0.1) is 0 Å². The van der Waals surface area contributed by atoms with Gasteiger partial charge in [0.15, 0.2) is 0 Å². The maximum Gasteiger partial charge on any atom is 0.0198 e. The molecule has 1 nitrogen and oxygen atoms in total. The fraction of sp³-hybridized carbons (Fsp3) is 0.538. The van der Waals surface area contributed by atoms with Crippen LogP contribution in [0.3, 0.4) is 0 Å². The van der Waals surface area contributed by atoms with Crippen LogP contribution in [0.5, 0.6) is 0 Å². The van der Waals surface area contributed by atoms with E-state index in [1.165, 1.54) is 17.1 Å². The molecule has 1 N–H and O–H groups in total. The second-order valence-corrected chi connectivity index (χ2v) is 4.92. The van der Waals surface area contributed by atoms with Gasteiger partial charge in [0.2, 0.25) is 0 Å². The molecule has 2 heteroatoms. The molecule has 1 aromatic carbocycles. The summed E-state index contributed by atoms with van der Waals surface area (Å²) in [5, 5.41) is 3.55. The second kappa shape index (κ2) is 7.77. The van der Waals surface area contributed by atoms with Gasteiger partial charge < -0.3 is 5.32 Å². The van der Waals surface area contributed by atoms with Gasteiger partial charge in [0.05, 0.1) is 0 Å². The summed E-state index contributed by atoms with van der Waals surface area (Å²) in [5.74, 6) is 2.41. The fourth-order valence-corrected chi connectivity index (χ4v) is 2.39. The minimum absolute atomic E-state index is 0.613. The van der Waals surface area contributed by atoms with Gasteiger partial charge in [-0.2, -0.15) is 11.8 Å². The highest BCUT2D eigenvalue weighted by Crippen LogP contribution is 2.08. The molecule has 0 amide bonds. The molecule has 0 saturated carbocycles. The van der Waals surface area contributed by atoms with Crippen molar-refractivity contribution in [3.05, 3.63) is 35.9 Å². The van der Waals surface area contributed by atoms with Gasteiger partial charge in [-0.1, -0.05) is 44.2 Å². The average molecular weight is 223 g/mol. The standard InChI is InChI=1S/C13H21NS/c1-3-14-13(11-15-4-2)10-12-8-6-5-7-9-12/h5-9,13-14H,3-4,10-11H2,1-2H3. The van der Waals surface area contributed by atoms with E-state index in [0.717, 1.165) is 13.0 Å². The lowest BCUT2D eigenvalue weighted by molar-refractivity contribution is 0.573. The molecule has 0 aliphatic carbocycles. The van der Waals surface area contributed by atoms with Crippen molar-refractivity contribution in [1.82, 2.24) is 5.32 Å². The second-order valence-electron chi connectivity index (χ2n) is 3.60. The van der Waals surface area contributed by atoms with Crippen LogP contribution in [-0.2, 0) is 6.42 Å². The Morgan fingerprint density at radius 2 is 1.93 bits per heavy atom. The van der Waals surface area contributed by atoms with Gasteiger partial charge in [0.25, 0.3) is 0 Å². The van der Waals surface area contributed by atoms with Crippen molar-refractivity contribution in [2.45, 2.75) is 26.3 Å². The largest absolute Gasteiger partial charge is 0.313 e. The lowest BCUT2D eigenvalue weighted by Crippen LogP contribution is -2.33. The Labute approximate surface area is 97.7 Å². The summed E-state index contributed by atoms with van der Waals surface area (Å²) in [6.07, 6.45) is 1.14. The Kier molecular flexibility index (Phi) is 6.53.